The van der Waals surface area contributed by atoms with Gasteiger partial charge in [-0.2, -0.15) is 9.67 Å². The van der Waals surface area contributed by atoms with Gasteiger partial charge >= 0.3 is 0 Å². The molecule has 0 aliphatic heterocycles. The maximum atomic E-state index is 12.9. The monoisotopic (exact) mass is 340 g/mol. The summed E-state index contributed by atoms with van der Waals surface area (Å²) in [4.78, 5) is 17.1. The van der Waals surface area contributed by atoms with E-state index in [9.17, 15) is 4.79 Å². The molecule has 24 heavy (non-hydrogen) atoms. The maximum Gasteiger partial charge on any atom is 0.257 e. The lowest BCUT2D eigenvalue weighted by Crippen LogP contribution is -2.22. The highest BCUT2D eigenvalue weighted by atomic mass is 35.5. The van der Waals surface area contributed by atoms with Gasteiger partial charge in [-0.05, 0) is 24.1 Å². The number of aromatic nitrogens is 3. The van der Waals surface area contributed by atoms with Gasteiger partial charge in [0.25, 0.3) is 5.91 Å². The van der Waals surface area contributed by atoms with Crippen molar-refractivity contribution in [1.29, 1.82) is 0 Å². The van der Waals surface area contributed by atoms with Crippen molar-refractivity contribution >= 4 is 23.5 Å². The predicted molar refractivity (Wildman–Crippen MR) is 95.0 cm³/mol. The minimum Gasteiger partial charge on any atom is -0.368 e. The van der Waals surface area contributed by atoms with Crippen LogP contribution in [-0.4, -0.2) is 20.7 Å². The number of carbonyl (C=O) groups excluding carboxylic acids is 1. The summed E-state index contributed by atoms with van der Waals surface area (Å²) in [6.07, 6.45) is 0.642. The van der Waals surface area contributed by atoms with Crippen molar-refractivity contribution in [1.82, 2.24) is 14.8 Å². The fourth-order valence-corrected chi connectivity index (χ4v) is 2.85. The number of hydrogen-bond donors (Lipinski definition) is 1. The van der Waals surface area contributed by atoms with Gasteiger partial charge in [0, 0.05) is 5.56 Å². The molecular weight excluding hydrogens is 324 g/mol. The van der Waals surface area contributed by atoms with Crippen LogP contribution < -0.4 is 5.73 Å². The van der Waals surface area contributed by atoms with Crippen molar-refractivity contribution in [2.45, 2.75) is 19.3 Å². The van der Waals surface area contributed by atoms with Crippen LogP contribution in [0.25, 0.3) is 11.4 Å². The molecule has 3 rings (SSSR count). The van der Waals surface area contributed by atoms with Crippen LogP contribution >= 0.6 is 11.6 Å². The molecule has 0 bridgehead atoms. The fourth-order valence-electron chi connectivity index (χ4n) is 2.63. The second-order valence-corrected chi connectivity index (χ2v) is 5.80. The first kappa shape index (κ1) is 16.2. The summed E-state index contributed by atoms with van der Waals surface area (Å²) >= 11 is 6.17. The van der Waals surface area contributed by atoms with Gasteiger partial charge in [-0.1, -0.05) is 61.0 Å². The molecule has 0 amide bonds. The lowest BCUT2D eigenvalue weighted by atomic mass is 9.96. The Morgan fingerprint density at radius 3 is 2.50 bits per heavy atom. The number of hydrogen-bond acceptors (Lipinski definition) is 4. The Balaban J connectivity index is 1.98. The number of nitrogens with zero attached hydrogens (tertiary/aromatic N) is 3. The van der Waals surface area contributed by atoms with E-state index in [1.54, 1.807) is 12.1 Å². The molecule has 0 spiro atoms. The van der Waals surface area contributed by atoms with E-state index in [0.717, 1.165) is 5.56 Å². The summed E-state index contributed by atoms with van der Waals surface area (Å²) in [6, 6.07) is 16.8. The normalized spacial score (nSPS) is 12.1. The molecule has 5 nitrogen and oxygen atoms in total. The third-order valence-electron chi connectivity index (χ3n) is 3.86. The molecule has 0 saturated carbocycles. The molecule has 0 aliphatic carbocycles. The van der Waals surface area contributed by atoms with Gasteiger partial charge in [0.1, 0.15) is 0 Å². The molecule has 0 aliphatic rings. The minimum absolute atomic E-state index is 0.0595. The number of nitrogens with two attached hydrogens (primary N) is 1. The van der Waals surface area contributed by atoms with Crippen LogP contribution in [-0.2, 0) is 0 Å². The minimum atomic E-state index is -0.325. The first-order valence-corrected chi connectivity index (χ1v) is 8.06. The van der Waals surface area contributed by atoms with Crippen molar-refractivity contribution in [2.75, 3.05) is 5.73 Å². The van der Waals surface area contributed by atoms with E-state index in [0.29, 0.717) is 22.8 Å². The van der Waals surface area contributed by atoms with Crippen molar-refractivity contribution in [3.05, 3.63) is 65.2 Å². The van der Waals surface area contributed by atoms with Crippen LogP contribution in [0.5, 0.6) is 0 Å². The van der Waals surface area contributed by atoms with Crippen LogP contribution in [0.2, 0.25) is 5.02 Å². The highest BCUT2D eigenvalue weighted by Crippen LogP contribution is 2.27. The lowest BCUT2D eigenvalue weighted by molar-refractivity contribution is 0.0862. The largest absolute Gasteiger partial charge is 0.368 e. The van der Waals surface area contributed by atoms with E-state index >= 15 is 0 Å². The van der Waals surface area contributed by atoms with Crippen LogP contribution in [0.1, 0.15) is 29.6 Å². The van der Waals surface area contributed by atoms with Gasteiger partial charge in [-0.3, -0.25) is 4.79 Å². The summed E-state index contributed by atoms with van der Waals surface area (Å²) in [5.74, 6) is -0.125. The van der Waals surface area contributed by atoms with Gasteiger partial charge in [0.05, 0.1) is 10.9 Å². The highest BCUT2D eigenvalue weighted by Gasteiger charge is 2.24. The van der Waals surface area contributed by atoms with Gasteiger partial charge in [0.2, 0.25) is 5.95 Å². The molecule has 122 valence electrons. The Morgan fingerprint density at radius 2 is 1.83 bits per heavy atom. The molecule has 0 fully saturated rings. The molecule has 2 aromatic carbocycles. The average Bonchev–Trinajstić information content (AvgIpc) is 2.98. The Labute approximate surface area is 145 Å². The highest BCUT2D eigenvalue weighted by molar-refractivity contribution is 6.33. The molecule has 0 radical (unpaired) electrons. The van der Waals surface area contributed by atoms with Crippen molar-refractivity contribution in [3.63, 3.8) is 0 Å². The van der Waals surface area contributed by atoms with Crippen molar-refractivity contribution in [3.8, 4) is 11.4 Å². The van der Waals surface area contributed by atoms with E-state index in [1.807, 2.05) is 49.4 Å². The molecule has 3 aromatic rings. The zero-order valence-corrected chi connectivity index (χ0v) is 13.9. The molecule has 0 unspecified atom stereocenters. The summed E-state index contributed by atoms with van der Waals surface area (Å²) in [7, 11) is 0. The Morgan fingerprint density at radius 1 is 1.17 bits per heavy atom. The van der Waals surface area contributed by atoms with Gasteiger partial charge in [-0.15, -0.1) is 5.10 Å². The van der Waals surface area contributed by atoms with Crippen molar-refractivity contribution in [2.24, 2.45) is 0 Å². The zero-order chi connectivity index (χ0) is 17.1. The first-order valence-electron chi connectivity index (χ1n) is 7.68. The SMILES string of the molecule is CC[C@@H](C(=O)n1nc(-c2ccccc2Cl)nc1N)c1ccccc1. The quantitative estimate of drug-likeness (QED) is 0.778. The Hall–Kier alpha value is -2.66. The van der Waals surface area contributed by atoms with E-state index in [1.165, 1.54) is 4.68 Å². The number of carbonyl (C=O) groups is 1. The number of benzene rings is 2. The van der Waals surface area contributed by atoms with Crippen LogP contribution in [0, 0.1) is 0 Å². The summed E-state index contributed by atoms with van der Waals surface area (Å²) in [6.45, 7) is 1.96. The molecule has 6 heteroatoms. The van der Waals surface area contributed by atoms with E-state index < -0.39 is 0 Å². The predicted octanol–water partition coefficient (Wildman–Crippen LogP) is 4.01. The average molecular weight is 341 g/mol. The Bertz CT molecular complexity index is 860. The molecule has 0 saturated heterocycles. The van der Waals surface area contributed by atoms with Crippen LogP contribution in [0.4, 0.5) is 5.95 Å². The summed E-state index contributed by atoms with van der Waals surface area (Å²) in [5, 5.41) is 4.79. The molecule has 1 aromatic heterocycles. The topological polar surface area (TPSA) is 73.8 Å². The second-order valence-electron chi connectivity index (χ2n) is 5.40. The third-order valence-corrected chi connectivity index (χ3v) is 4.19. The number of halogens is 1. The number of nitrogen functional groups attached to an aromatic ring is 1. The van der Waals surface area contributed by atoms with E-state index in [4.69, 9.17) is 17.3 Å². The second kappa shape index (κ2) is 6.84. The lowest BCUT2D eigenvalue weighted by Gasteiger charge is -2.13. The maximum absolute atomic E-state index is 12.9. The van der Waals surface area contributed by atoms with Crippen LogP contribution in [0.3, 0.4) is 0 Å². The Kier molecular flexibility index (Phi) is 4.62. The fraction of sp³-hybridized carbons (Fsp3) is 0.167. The molecule has 1 atom stereocenters. The number of anilines is 1. The summed E-state index contributed by atoms with van der Waals surface area (Å²) in [5.41, 5.74) is 7.50. The molecular formula is C18H17ClN4O. The zero-order valence-electron chi connectivity index (χ0n) is 13.2. The summed E-state index contributed by atoms with van der Waals surface area (Å²) < 4.78 is 1.17. The van der Waals surface area contributed by atoms with E-state index in [2.05, 4.69) is 10.1 Å². The first-order chi connectivity index (χ1) is 11.6. The van der Waals surface area contributed by atoms with Crippen molar-refractivity contribution < 1.29 is 4.79 Å². The molecule has 1 heterocycles. The third kappa shape index (κ3) is 3.03. The van der Waals surface area contributed by atoms with Gasteiger partial charge in [0.15, 0.2) is 5.82 Å². The number of rotatable bonds is 4. The standard InChI is InChI=1S/C18H17ClN4O/c1-2-13(12-8-4-3-5-9-12)17(24)23-18(20)21-16(22-23)14-10-6-7-11-15(14)19/h3-11,13H,2H2,1H3,(H2,20,21,22)/t13-/m1/s1. The smallest absolute Gasteiger partial charge is 0.257 e. The van der Waals surface area contributed by atoms with Gasteiger partial charge in [-0.25, -0.2) is 0 Å². The molecule has 2 N–H and O–H groups in total. The van der Waals surface area contributed by atoms with Gasteiger partial charge < -0.3 is 5.73 Å². The van der Waals surface area contributed by atoms with Crippen LogP contribution in [0.15, 0.2) is 54.6 Å². The van der Waals surface area contributed by atoms with E-state index in [-0.39, 0.29) is 17.8 Å².